The van der Waals surface area contributed by atoms with Crippen molar-refractivity contribution < 1.29 is 4.79 Å². The molecule has 0 saturated carbocycles. The molecule has 0 radical (unpaired) electrons. The molecule has 0 saturated heterocycles. The fourth-order valence-corrected chi connectivity index (χ4v) is 1.47. The van der Waals surface area contributed by atoms with Crippen molar-refractivity contribution >= 4 is 11.6 Å². The average Bonchev–Trinajstić information content (AvgIpc) is 2.35. The van der Waals surface area contributed by atoms with Gasteiger partial charge in [-0.15, -0.1) is 0 Å². The lowest BCUT2D eigenvalue weighted by atomic mass is 10.0. The minimum absolute atomic E-state index is 0.0882. The van der Waals surface area contributed by atoms with E-state index in [-0.39, 0.29) is 11.8 Å². The van der Waals surface area contributed by atoms with Crippen LogP contribution in [0.2, 0.25) is 0 Å². The van der Waals surface area contributed by atoms with Gasteiger partial charge in [0.25, 0.3) is 0 Å². The largest absolute Gasteiger partial charge is 0.330 e. The summed E-state index contributed by atoms with van der Waals surface area (Å²) >= 11 is 0. The maximum Gasteiger partial charge on any atom is 0.227 e. The van der Waals surface area contributed by atoms with Crippen LogP contribution in [0.5, 0.6) is 0 Å². The molecule has 16 heavy (non-hydrogen) atoms. The SMILES string of the molecule is CCC(CN)CC(=O)N(C)c1cccnc1. The lowest BCUT2D eigenvalue weighted by Gasteiger charge is -2.19. The standard InChI is InChI=1S/C12H19N3O/c1-3-10(8-13)7-12(16)15(2)11-5-4-6-14-9-11/h4-6,9-10H,3,7-8,13H2,1-2H3. The minimum atomic E-state index is 0.0882. The van der Waals surface area contributed by atoms with Crippen LogP contribution in [-0.4, -0.2) is 24.5 Å². The van der Waals surface area contributed by atoms with Crippen LogP contribution >= 0.6 is 0 Å². The molecule has 1 rings (SSSR count). The Morgan fingerprint density at radius 1 is 1.62 bits per heavy atom. The molecule has 0 bridgehead atoms. The first-order valence-electron chi connectivity index (χ1n) is 5.55. The Morgan fingerprint density at radius 3 is 2.88 bits per heavy atom. The number of carbonyl (C=O) groups is 1. The van der Waals surface area contributed by atoms with Gasteiger partial charge in [0.05, 0.1) is 11.9 Å². The zero-order chi connectivity index (χ0) is 12.0. The summed E-state index contributed by atoms with van der Waals surface area (Å²) < 4.78 is 0. The molecule has 1 aromatic heterocycles. The maximum atomic E-state index is 11.9. The van der Waals surface area contributed by atoms with E-state index in [1.54, 1.807) is 24.3 Å². The molecule has 0 aliphatic heterocycles. The van der Waals surface area contributed by atoms with Gasteiger partial charge in [-0.05, 0) is 24.6 Å². The van der Waals surface area contributed by atoms with Crippen LogP contribution in [0.1, 0.15) is 19.8 Å². The quantitative estimate of drug-likeness (QED) is 0.818. The number of nitrogens with two attached hydrogens (primary N) is 1. The highest BCUT2D eigenvalue weighted by Crippen LogP contribution is 2.14. The molecular weight excluding hydrogens is 202 g/mol. The van der Waals surface area contributed by atoms with Gasteiger partial charge in [-0.2, -0.15) is 0 Å². The molecule has 1 atom stereocenters. The topological polar surface area (TPSA) is 59.2 Å². The van der Waals surface area contributed by atoms with Gasteiger partial charge in [-0.1, -0.05) is 13.3 Å². The fraction of sp³-hybridized carbons (Fsp3) is 0.500. The molecule has 88 valence electrons. The van der Waals surface area contributed by atoms with Crippen molar-refractivity contribution in [3.05, 3.63) is 24.5 Å². The maximum absolute atomic E-state index is 11.9. The molecule has 1 unspecified atom stereocenters. The highest BCUT2D eigenvalue weighted by molar-refractivity contribution is 5.92. The van der Waals surface area contributed by atoms with Gasteiger partial charge >= 0.3 is 0 Å². The number of nitrogens with zero attached hydrogens (tertiary/aromatic N) is 2. The van der Waals surface area contributed by atoms with Crippen molar-refractivity contribution in [3.8, 4) is 0 Å². The molecule has 0 aromatic carbocycles. The Labute approximate surface area is 96.5 Å². The van der Waals surface area contributed by atoms with E-state index in [1.807, 2.05) is 12.1 Å². The molecule has 1 amide bonds. The number of hydrogen-bond acceptors (Lipinski definition) is 3. The fourth-order valence-electron chi connectivity index (χ4n) is 1.47. The second-order valence-electron chi connectivity index (χ2n) is 3.88. The Balaban J connectivity index is 2.61. The Hall–Kier alpha value is -1.42. The van der Waals surface area contributed by atoms with E-state index < -0.39 is 0 Å². The number of hydrogen-bond donors (Lipinski definition) is 1. The smallest absolute Gasteiger partial charge is 0.227 e. The molecule has 1 aromatic rings. The third kappa shape index (κ3) is 3.31. The zero-order valence-corrected chi connectivity index (χ0v) is 9.89. The molecule has 4 heteroatoms. The van der Waals surface area contributed by atoms with Gasteiger partial charge in [-0.3, -0.25) is 9.78 Å². The molecule has 4 nitrogen and oxygen atoms in total. The summed E-state index contributed by atoms with van der Waals surface area (Å²) in [6.07, 6.45) is 4.80. The Bertz CT molecular complexity index is 322. The number of carbonyl (C=O) groups excluding carboxylic acids is 1. The van der Waals surface area contributed by atoms with Gasteiger partial charge in [0.15, 0.2) is 0 Å². The van der Waals surface area contributed by atoms with Crippen molar-refractivity contribution in [2.45, 2.75) is 19.8 Å². The number of aromatic nitrogens is 1. The molecular formula is C12H19N3O. The van der Waals surface area contributed by atoms with Gasteiger partial charge in [0.2, 0.25) is 5.91 Å². The van der Waals surface area contributed by atoms with Crippen LogP contribution < -0.4 is 10.6 Å². The van der Waals surface area contributed by atoms with Crippen molar-refractivity contribution in [2.75, 3.05) is 18.5 Å². The lowest BCUT2D eigenvalue weighted by Crippen LogP contribution is -2.30. The average molecular weight is 221 g/mol. The van der Waals surface area contributed by atoms with E-state index in [4.69, 9.17) is 5.73 Å². The van der Waals surface area contributed by atoms with Crippen molar-refractivity contribution in [3.63, 3.8) is 0 Å². The van der Waals surface area contributed by atoms with Gasteiger partial charge < -0.3 is 10.6 Å². The van der Waals surface area contributed by atoms with Crippen LogP contribution in [-0.2, 0) is 4.79 Å². The van der Waals surface area contributed by atoms with E-state index in [0.29, 0.717) is 13.0 Å². The van der Waals surface area contributed by atoms with Crippen LogP contribution in [0, 0.1) is 5.92 Å². The van der Waals surface area contributed by atoms with Crippen molar-refractivity contribution in [1.29, 1.82) is 0 Å². The Kier molecular flexibility index (Phi) is 4.92. The number of pyridine rings is 1. The predicted molar refractivity (Wildman–Crippen MR) is 65.1 cm³/mol. The molecule has 2 N–H and O–H groups in total. The number of rotatable bonds is 5. The summed E-state index contributed by atoms with van der Waals surface area (Å²) in [5.41, 5.74) is 6.41. The summed E-state index contributed by atoms with van der Waals surface area (Å²) in [4.78, 5) is 17.5. The summed E-state index contributed by atoms with van der Waals surface area (Å²) in [6.45, 7) is 2.61. The first kappa shape index (κ1) is 12.6. The predicted octanol–water partition coefficient (Wildman–Crippen LogP) is 1.42. The minimum Gasteiger partial charge on any atom is -0.330 e. The monoisotopic (exact) mass is 221 g/mol. The van der Waals surface area contributed by atoms with Gasteiger partial charge in [0.1, 0.15) is 0 Å². The second kappa shape index (κ2) is 6.23. The van der Waals surface area contributed by atoms with E-state index >= 15 is 0 Å². The van der Waals surface area contributed by atoms with Crippen LogP contribution in [0.15, 0.2) is 24.5 Å². The first-order valence-corrected chi connectivity index (χ1v) is 5.55. The highest BCUT2D eigenvalue weighted by Gasteiger charge is 2.15. The lowest BCUT2D eigenvalue weighted by molar-refractivity contribution is -0.119. The first-order chi connectivity index (χ1) is 7.69. The van der Waals surface area contributed by atoms with Crippen molar-refractivity contribution in [1.82, 2.24) is 4.98 Å². The molecule has 0 aliphatic rings. The Morgan fingerprint density at radius 2 is 2.38 bits per heavy atom. The number of amides is 1. The van der Waals surface area contributed by atoms with E-state index in [1.165, 1.54) is 0 Å². The molecule has 1 heterocycles. The molecule has 0 spiro atoms. The van der Waals surface area contributed by atoms with E-state index in [0.717, 1.165) is 12.1 Å². The summed E-state index contributed by atoms with van der Waals surface area (Å²) in [7, 11) is 1.77. The van der Waals surface area contributed by atoms with Crippen LogP contribution in [0.3, 0.4) is 0 Å². The second-order valence-corrected chi connectivity index (χ2v) is 3.88. The summed E-state index contributed by atoms with van der Waals surface area (Å²) in [5, 5.41) is 0. The van der Waals surface area contributed by atoms with Gasteiger partial charge in [0, 0.05) is 19.7 Å². The number of anilines is 1. The highest BCUT2D eigenvalue weighted by atomic mass is 16.2. The third-order valence-electron chi connectivity index (χ3n) is 2.78. The molecule has 0 fully saturated rings. The molecule has 0 aliphatic carbocycles. The van der Waals surface area contributed by atoms with E-state index in [9.17, 15) is 4.79 Å². The van der Waals surface area contributed by atoms with Crippen LogP contribution in [0.25, 0.3) is 0 Å². The normalized spacial score (nSPS) is 12.2. The summed E-state index contributed by atoms with van der Waals surface area (Å²) in [6, 6.07) is 3.69. The summed E-state index contributed by atoms with van der Waals surface area (Å²) in [5.74, 6) is 0.358. The van der Waals surface area contributed by atoms with E-state index in [2.05, 4.69) is 11.9 Å². The third-order valence-corrected chi connectivity index (χ3v) is 2.78. The van der Waals surface area contributed by atoms with Gasteiger partial charge in [-0.25, -0.2) is 0 Å². The zero-order valence-electron chi connectivity index (χ0n) is 9.89. The van der Waals surface area contributed by atoms with Crippen molar-refractivity contribution in [2.24, 2.45) is 11.7 Å². The van der Waals surface area contributed by atoms with Crippen LogP contribution in [0.4, 0.5) is 5.69 Å².